The van der Waals surface area contributed by atoms with Gasteiger partial charge in [0.1, 0.15) is 5.78 Å². The number of amides is 1. The molecule has 2 fully saturated rings. The molecule has 0 aromatic carbocycles. The molecule has 1 saturated heterocycles. The summed E-state index contributed by atoms with van der Waals surface area (Å²) in [6.07, 6.45) is 5.35. The van der Waals surface area contributed by atoms with Gasteiger partial charge in [-0.25, -0.2) is 4.79 Å². The van der Waals surface area contributed by atoms with Crippen molar-refractivity contribution in [1.82, 2.24) is 4.90 Å². The number of ether oxygens (including phenoxy) is 1. The third kappa shape index (κ3) is 2.85. The van der Waals surface area contributed by atoms with E-state index in [2.05, 4.69) is 0 Å². The van der Waals surface area contributed by atoms with Gasteiger partial charge in [-0.2, -0.15) is 0 Å². The molecule has 4 heteroatoms. The number of hydrogen-bond donors (Lipinski definition) is 0. The molecule has 18 heavy (non-hydrogen) atoms. The van der Waals surface area contributed by atoms with Crippen molar-refractivity contribution < 1.29 is 14.3 Å². The summed E-state index contributed by atoms with van der Waals surface area (Å²) in [5.41, 5.74) is 0. The second kappa shape index (κ2) is 5.72. The highest BCUT2D eigenvalue weighted by Gasteiger charge is 2.39. The van der Waals surface area contributed by atoms with Crippen LogP contribution in [0.1, 0.15) is 52.4 Å². The van der Waals surface area contributed by atoms with E-state index in [1.807, 2.05) is 13.8 Å². The van der Waals surface area contributed by atoms with Crippen LogP contribution in [0.3, 0.4) is 0 Å². The van der Waals surface area contributed by atoms with Gasteiger partial charge < -0.3 is 9.64 Å². The Balaban J connectivity index is 2.02. The van der Waals surface area contributed by atoms with E-state index < -0.39 is 0 Å². The van der Waals surface area contributed by atoms with Gasteiger partial charge in [0, 0.05) is 24.9 Å². The Kier molecular flexibility index (Phi) is 4.25. The van der Waals surface area contributed by atoms with Gasteiger partial charge in [-0.1, -0.05) is 6.42 Å². The molecule has 1 aliphatic heterocycles. The molecule has 0 spiro atoms. The lowest BCUT2D eigenvalue weighted by Gasteiger charge is -2.32. The summed E-state index contributed by atoms with van der Waals surface area (Å²) < 4.78 is 5.27. The number of rotatable bonds is 2. The van der Waals surface area contributed by atoms with Crippen LogP contribution in [0, 0.1) is 5.92 Å². The standard InChI is InChI=1S/C14H23NO3/c1-10(2)18-14(17)15-9-5-7-12(15)11-6-3-4-8-13(11)16/h10-12H,3-9H2,1-2H3. The van der Waals surface area contributed by atoms with Crippen molar-refractivity contribution in [2.24, 2.45) is 5.92 Å². The Morgan fingerprint density at radius 1 is 1.28 bits per heavy atom. The van der Waals surface area contributed by atoms with Crippen molar-refractivity contribution in [2.45, 2.75) is 64.5 Å². The van der Waals surface area contributed by atoms with E-state index in [0.717, 1.165) is 38.6 Å². The minimum Gasteiger partial charge on any atom is -0.447 e. The molecule has 0 radical (unpaired) electrons. The van der Waals surface area contributed by atoms with Gasteiger partial charge in [0.05, 0.1) is 6.10 Å². The Bertz CT molecular complexity index is 327. The minimum atomic E-state index is -0.245. The topological polar surface area (TPSA) is 46.6 Å². The van der Waals surface area contributed by atoms with Crippen LogP contribution in [-0.4, -0.2) is 35.5 Å². The largest absolute Gasteiger partial charge is 0.447 e. The Hall–Kier alpha value is -1.06. The van der Waals surface area contributed by atoms with Gasteiger partial charge in [-0.3, -0.25) is 4.79 Å². The molecule has 2 rings (SSSR count). The fourth-order valence-corrected chi connectivity index (χ4v) is 3.12. The summed E-state index contributed by atoms with van der Waals surface area (Å²) in [5, 5.41) is 0. The first-order valence-electron chi connectivity index (χ1n) is 7.09. The molecule has 102 valence electrons. The number of Topliss-reactive ketones (excluding diaryl/α,β-unsaturated/α-hetero) is 1. The highest BCUT2D eigenvalue weighted by atomic mass is 16.6. The second-order valence-corrected chi connectivity index (χ2v) is 5.65. The number of ketones is 1. The van der Waals surface area contributed by atoms with Gasteiger partial charge in [-0.05, 0) is 39.5 Å². The quantitative estimate of drug-likeness (QED) is 0.760. The molecule has 0 aromatic heterocycles. The molecule has 0 N–H and O–H groups in total. The molecular weight excluding hydrogens is 230 g/mol. The Morgan fingerprint density at radius 3 is 2.72 bits per heavy atom. The molecule has 2 atom stereocenters. The molecule has 2 unspecified atom stereocenters. The highest BCUT2D eigenvalue weighted by molar-refractivity contribution is 5.83. The first kappa shape index (κ1) is 13.4. The third-order valence-corrected chi connectivity index (χ3v) is 3.94. The number of likely N-dealkylation sites (tertiary alicyclic amines) is 1. The maximum Gasteiger partial charge on any atom is 0.410 e. The molecule has 1 amide bonds. The van der Waals surface area contributed by atoms with Gasteiger partial charge in [0.25, 0.3) is 0 Å². The summed E-state index contributed by atoms with van der Waals surface area (Å²) in [7, 11) is 0. The highest BCUT2D eigenvalue weighted by Crippen LogP contribution is 2.32. The number of nitrogens with zero attached hydrogens (tertiary/aromatic N) is 1. The van der Waals surface area contributed by atoms with E-state index in [9.17, 15) is 9.59 Å². The maximum absolute atomic E-state index is 12.0. The second-order valence-electron chi connectivity index (χ2n) is 5.65. The van der Waals surface area contributed by atoms with Gasteiger partial charge in [0.2, 0.25) is 0 Å². The lowest BCUT2D eigenvalue weighted by molar-refractivity contribution is -0.126. The smallest absolute Gasteiger partial charge is 0.410 e. The zero-order valence-electron chi connectivity index (χ0n) is 11.4. The summed E-state index contributed by atoms with van der Waals surface area (Å²) in [6, 6.07) is 0.0871. The van der Waals surface area contributed by atoms with Crippen molar-refractivity contribution in [1.29, 1.82) is 0 Å². The van der Waals surface area contributed by atoms with Crippen LogP contribution in [0.5, 0.6) is 0 Å². The fourth-order valence-electron chi connectivity index (χ4n) is 3.12. The Labute approximate surface area is 109 Å². The van der Waals surface area contributed by atoms with E-state index in [4.69, 9.17) is 4.74 Å². The first-order valence-corrected chi connectivity index (χ1v) is 7.09. The molecule has 0 bridgehead atoms. The SMILES string of the molecule is CC(C)OC(=O)N1CCCC1C1CCCCC1=O. The summed E-state index contributed by atoms with van der Waals surface area (Å²) >= 11 is 0. The molecule has 4 nitrogen and oxygen atoms in total. The van der Waals surface area contributed by atoms with Crippen molar-refractivity contribution in [3.63, 3.8) is 0 Å². The van der Waals surface area contributed by atoms with E-state index in [1.54, 1.807) is 4.90 Å². The normalized spacial score (nSPS) is 28.8. The number of carbonyl (C=O) groups is 2. The van der Waals surface area contributed by atoms with Gasteiger partial charge >= 0.3 is 6.09 Å². The van der Waals surface area contributed by atoms with Crippen LogP contribution in [0.4, 0.5) is 4.79 Å². The summed E-state index contributed by atoms with van der Waals surface area (Å²) in [5.74, 6) is 0.399. The zero-order chi connectivity index (χ0) is 13.1. The van der Waals surface area contributed by atoms with Crippen LogP contribution >= 0.6 is 0 Å². The molecular formula is C14H23NO3. The summed E-state index contributed by atoms with van der Waals surface area (Å²) in [4.78, 5) is 25.8. The van der Waals surface area contributed by atoms with Gasteiger partial charge in [-0.15, -0.1) is 0 Å². The molecule has 1 heterocycles. The van der Waals surface area contributed by atoms with Crippen LogP contribution in [-0.2, 0) is 9.53 Å². The number of carbonyl (C=O) groups excluding carboxylic acids is 2. The lowest BCUT2D eigenvalue weighted by atomic mass is 9.82. The zero-order valence-corrected chi connectivity index (χ0v) is 11.4. The summed E-state index contributed by atoms with van der Waals surface area (Å²) in [6.45, 7) is 4.45. The maximum atomic E-state index is 12.0. The van der Waals surface area contributed by atoms with Crippen molar-refractivity contribution in [2.75, 3.05) is 6.54 Å². The van der Waals surface area contributed by atoms with E-state index >= 15 is 0 Å². The molecule has 1 saturated carbocycles. The average molecular weight is 253 g/mol. The van der Waals surface area contributed by atoms with Crippen LogP contribution in [0.25, 0.3) is 0 Å². The average Bonchev–Trinajstić information content (AvgIpc) is 2.77. The van der Waals surface area contributed by atoms with Crippen LogP contribution < -0.4 is 0 Å². The monoisotopic (exact) mass is 253 g/mol. The lowest BCUT2D eigenvalue weighted by Crippen LogP contribution is -2.44. The van der Waals surface area contributed by atoms with Crippen LogP contribution in [0.2, 0.25) is 0 Å². The van der Waals surface area contributed by atoms with Gasteiger partial charge in [0.15, 0.2) is 0 Å². The van der Waals surface area contributed by atoms with Crippen molar-refractivity contribution in [3.8, 4) is 0 Å². The fraction of sp³-hybridized carbons (Fsp3) is 0.857. The molecule has 1 aliphatic carbocycles. The molecule has 2 aliphatic rings. The van der Waals surface area contributed by atoms with E-state index in [-0.39, 0.29) is 24.2 Å². The molecule has 0 aromatic rings. The number of hydrogen-bond acceptors (Lipinski definition) is 3. The first-order chi connectivity index (χ1) is 8.59. The van der Waals surface area contributed by atoms with Crippen molar-refractivity contribution >= 4 is 11.9 Å². The predicted octanol–water partition coefficient (Wildman–Crippen LogP) is 2.76. The Morgan fingerprint density at radius 2 is 2.06 bits per heavy atom. The van der Waals surface area contributed by atoms with Crippen LogP contribution in [0.15, 0.2) is 0 Å². The third-order valence-electron chi connectivity index (χ3n) is 3.94. The van der Waals surface area contributed by atoms with E-state index in [1.165, 1.54) is 0 Å². The van der Waals surface area contributed by atoms with Crippen molar-refractivity contribution in [3.05, 3.63) is 0 Å². The predicted molar refractivity (Wildman–Crippen MR) is 68.3 cm³/mol. The minimum absolute atomic E-state index is 0.0564. The van der Waals surface area contributed by atoms with E-state index in [0.29, 0.717) is 12.2 Å².